The minimum absolute atomic E-state index is 0.222. The van der Waals surface area contributed by atoms with Gasteiger partial charge in [-0.1, -0.05) is 6.07 Å². The molecule has 7 nitrogen and oxygen atoms in total. The number of carbonyl (C=O) groups excluding carboxylic acids is 1. The van der Waals surface area contributed by atoms with E-state index in [1.54, 1.807) is 25.4 Å². The second-order valence-electron chi connectivity index (χ2n) is 8.21. The summed E-state index contributed by atoms with van der Waals surface area (Å²) in [6.45, 7) is 3.22. The van der Waals surface area contributed by atoms with Crippen LogP contribution in [0.15, 0.2) is 26.1 Å². The number of nitriles is 1. The highest BCUT2D eigenvalue weighted by Gasteiger charge is 2.27. The van der Waals surface area contributed by atoms with Crippen molar-refractivity contribution in [1.82, 2.24) is 4.72 Å². The van der Waals surface area contributed by atoms with E-state index in [0.717, 1.165) is 66.7 Å². The molecule has 9 heteroatoms. The van der Waals surface area contributed by atoms with Crippen molar-refractivity contribution in [2.24, 2.45) is 4.36 Å². The lowest BCUT2D eigenvalue weighted by atomic mass is 9.99. The number of thiophene rings is 1. The first-order valence-corrected chi connectivity index (χ1v) is 12.3. The zero-order valence-electron chi connectivity index (χ0n) is 16.9. The molecule has 1 atom stereocenters. The number of nitrogens with one attached hydrogen (secondary N) is 2. The highest BCUT2D eigenvalue weighted by atomic mass is 32.2. The molecular weight excluding hydrogens is 420 g/mol. The molecule has 158 valence electrons. The summed E-state index contributed by atoms with van der Waals surface area (Å²) in [6.07, 6.45) is 7.59. The van der Waals surface area contributed by atoms with Gasteiger partial charge >= 0.3 is 6.03 Å². The van der Waals surface area contributed by atoms with Gasteiger partial charge in [0, 0.05) is 5.69 Å². The topological polar surface area (TPSA) is 115 Å². The maximum atomic E-state index is 13.4. The molecule has 0 radical (unpaired) electrons. The van der Waals surface area contributed by atoms with Crippen LogP contribution < -0.4 is 10.0 Å². The summed E-state index contributed by atoms with van der Waals surface area (Å²) < 4.78 is 19.7. The number of aliphatic hydroxyl groups is 1. The quantitative estimate of drug-likeness (QED) is 0.488. The zero-order chi connectivity index (χ0) is 21.5. The van der Waals surface area contributed by atoms with E-state index in [9.17, 15) is 14.1 Å². The predicted molar refractivity (Wildman–Crippen MR) is 117 cm³/mol. The number of nitrogens with zero attached hydrogens (tertiary/aromatic N) is 2. The van der Waals surface area contributed by atoms with E-state index in [0.29, 0.717) is 5.56 Å². The monoisotopic (exact) mass is 444 g/mol. The predicted octanol–water partition coefficient (Wildman–Crippen LogP) is 4.00. The third-order valence-corrected chi connectivity index (χ3v) is 8.80. The first-order valence-electron chi connectivity index (χ1n) is 9.93. The first kappa shape index (κ1) is 20.8. The van der Waals surface area contributed by atoms with Crippen molar-refractivity contribution in [3.63, 3.8) is 0 Å². The van der Waals surface area contributed by atoms with Crippen molar-refractivity contribution in [3.05, 3.63) is 45.3 Å². The molecule has 0 fully saturated rings. The van der Waals surface area contributed by atoms with Crippen LogP contribution in [0.25, 0.3) is 0 Å². The van der Waals surface area contributed by atoms with Gasteiger partial charge in [-0.2, -0.15) is 5.26 Å². The Balaban J connectivity index is 1.70. The molecule has 3 N–H and O–H groups in total. The van der Waals surface area contributed by atoms with E-state index in [1.165, 1.54) is 17.2 Å². The van der Waals surface area contributed by atoms with Gasteiger partial charge in [0.25, 0.3) is 0 Å². The maximum Gasteiger partial charge on any atom is 0.355 e. The molecule has 0 saturated carbocycles. The Morgan fingerprint density at radius 2 is 1.83 bits per heavy atom. The summed E-state index contributed by atoms with van der Waals surface area (Å²) in [4.78, 5) is 12.8. The molecule has 2 aliphatic carbocycles. The Labute approximate surface area is 180 Å². The van der Waals surface area contributed by atoms with Gasteiger partial charge in [0.2, 0.25) is 0 Å². The van der Waals surface area contributed by atoms with Gasteiger partial charge in [-0.15, -0.1) is 15.7 Å². The molecular formula is C21H24N4O3S2. The van der Waals surface area contributed by atoms with Crippen molar-refractivity contribution in [2.75, 3.05) is 5.32 Å². The van der Waals surface area contributed by atoms with Crippen LogP contribution in [-0.2, 0) is 41.2 Å². The third kappa shape index (κ3) is 3.83. The van der Waals surface area contributed by atoms with Crippen molar-refractivity contribution in [1.29, 1.82) is 5.26 Å². The first-order chi connectivity index (χ1) is 14.2. The number of fused-ring (bicyclic) bond motifs is 2. The van der Waals surface area contributed by atoms with Gasteiger partial charge < -0.3 is 10.4 Å². The average molecular weight is 445 g/mol. The number of hydrogen-bond donors (Lipinski definition) is 3. The van der Waals surface area contributed by atoms with Crippen LogP contribution in [0.5, 0.6) is 0 Å². The molecule has 0 aliphatic heterocycles. The summed E-state index contributed by atoms with van der Waals surface area (Å²) in [5, 5.41) is 23.8. The Kier molecular flexibility index (Phi) is 5.34. The van der Waals surface area contributed by atoms with Crippen LogP contribution in [0.2, 0.25) is 0 Å². The number of benzene rings is 1. The molecule has 1 unspecified atom stereocenters. The molecule has 1 aromatic carbocycles. The van der Waals surface area contributed by atoms with E-state index in [2.05, 4.69) is 20.5 Å². The number of hydrogen-bond acceptors (Lipinski definition) is 5. The molecule has 1 aromatic heterocycles. The Bertz CT molecular complexity index is 1150. The Morgan fingerprint density at radius 3 is 2.37 bits per heavy atom. The number of aryl methyl sites for hydroxylation is 2. The van der Waals surface area contributed by atoms with Gasteiger partial charge in [-0.3, -0.25) is 0 Å². The number of urea groups is 1. The van der Waals surface area contributed by atoms with E-state index in [-0.39, 0.29) is 4.21 Å². The van der Waals surface area contributed by atoms with E-state index < -0.39 is 21.5 Å². The van der Waals surface area contributed by atoms with Crippen molar-refractivity contribution < 1.29 is 14.1 Å². The fourth-order valence-corrected chi connectivity index (χ4v) is 6.80. The maximum absolute atomic E-state index is 13.4. The molecule has 1 heterocycles. The van der Waals surface area contributed by atoms with Crippen molar-refractivity contribution >= 4 is 33.0 Å². The lowest BCUT2D eigenvalue weighted by molar-refractivity contribution is 0.0789. The van der Waals surface area contributed by atoms with Crippen molar-refractivity contribution in [2.45, 2.75) is 62.2 Å². The summed E-state index contributed by atoms with van der Waals surface area (Å²) in [6, 6.07) is 3.05. The second-order valence-corrected chi connectivity index (χ2v) is 11.3. The largest absolute Gasteiger partial charge is 0.386 e. The molecule has 30 heavy (non-hydrogen) atoms. The summed E-state index contributed by atoms with van der Waals surface area (Å²) >= 11 is 1.09. The molecule has 2 aliphatic rings. The van der Waals surface area contributed by atoms with Crippen molar-refractivity contribution in [3.8, 4) is 6.19 Å². The molecule has 0 saturated heterocycles. The fourth-order valence-electron chi connectivity index (χ4n) is 4.18. The SMILES string of the molecule is CC(C)(O)c1csc(S(=O)(=NC(=O)Nc2c3c(cc4c2CCC4)CCC3)NC#N)c1. The third-order valence-electron chi connectivity index (χ3n) is 5.65. The van der Waals surface area contributed by atoms with Crippen LogP contribution in [-0.4, -0.2) is 15.3 Å². The minimum Gasteiger partial charge on any atom is -0.386 e. The van der Waals surface area contributed by atoms with E-state index >= 15 is 0 Å². The standard InChI is InChI=1S/C21H24N4O3S2/c1-21(2,27)15-10-18(29-11-15)30(28,23-12-22)25-20(26)24-19-16-7-3-5-13(16)9-14-6-4-8-17(14)19/h9-11,27H,3-8H2,1-2H3,(H2,23,24,25,26,28). The summed E-state index contributed by atoms with van der Waals surface area (Å²) in [7, 11) is -3.50. The van der Waals surface area contributed by atoms with Gasteiger partial charge in [-0.05, 0) is 91.6 Å². The van der Waals surface area contributed by atoms with Crippen LogP contribution in [0.3, 0.4) is 0 Å². The van der Waals surface area contributed by atoms with Crippen LogP contribution >= 0.6 is 11.3 Å². The van der Waals surface area contributed by atoms with Crippen LogP contribution in [0.4, 0.5) is 10.5 Å². The fraction of sp³-hybridized carbons (Fsp3) is 0.429. The molecule has 0 bridgehead atoms. The van der Waals surface area contributed by atoms with Crippen LogP contribution in [0.1, 0.15) is 54.5 Å². The number of amides is 2. The Morgan fingerprint density at radius 1 is 1.20 bits per heavy atom. The average Bonchev–Trinajstić information content (AvgIpc) is 3.41. The van der Waals surface area contributed by atoms with Gasteiger partial charge in [0.15, 0.2) is 16.1 Å². The summed E-state index contributed by atoms with van der Waals surface area (Å²) in [5.41, 5.74) is 5.08. The second kappa shape index (κ2) is 7.69. The molecule has 0 spiro atoms. The van der Waals surface area contributed by atoms with Gasteiger partial charge in [-0.25, -0.2) is 13.7 Å². The minimum atomic E-state index is -3.50. The van der Waals surface area contributed by atoms with E-state index in [1.807, 2.05) is 0 Å². The van der Waals surface area contributed by atoms with Gasteiger partial charge in [0.1, 0.15) is 4.21 Å². The Hall–Kier alpha value is -2.41. The summed E-state index contributed by atoms with van der Waals surface area (Å²) in [5.74, 6) is 0. The van der Waals surface area contributed by atoms with Crippen LogP contribution in [0, 0.1) is 11.5 Å². The van der Waals surface area contributed by atoms with Gasteiger partial charge in [0.05, 0.1) is 5.60 Å². The lowest BCUT2D eigenvalue weighted by Crippen LogP contribution is -2.21. The molecule has 2 aromatic rings. The highest BCUT2D eigenvalue weighted by molar-refractivity contribution is 7.94. The highest BCUT2D eigenvalue weighted by Crippen LogP contribution is 2.38. The lowest BCUT2D eigenvalue weighted by Gasteiger charge is -2.15. The normalized spacial score (nSPS) is 16.9. The number of carbonyl (C=O) groups is 1. The number of anilines is 1. The zero-order valence-corrected chi connectivity index (χ0v) is 18.6. The number of rotatable bonds is 4. The molecule has 4 rings (SSSR count). The molecule has 2 amide bonds. The van der Waals surface area contributed by atoms with E-state index in [4.69, 9.17) is 5.26 Å². The smallest absolute Gasteiger partial charge is 0.355 e.